The molecule has 0 radical (unpaired) electrons. The van der Waals surface area contributed by atoms with E-state index in [-0.39, 0.29) is 10.6 Å². The average Bonchev–Trinajstić information content (AvgIpc) is 2.41. The van der Waals surface area contributed by atoms with Crippen LogP contribution in [0, 0.1) is 10.1 Å². The van der Waals surface area contributed by atoms with Crippen LogP contribution in [0.25, 0.3) is 0 Å². The maximum atomic E-state index is 11.1. The Bertz CT molecular complexity index is 461. The molecule has 0 unspecified atom stereocenters. The summed E-state index contributed by atoms with van der Waals surface area (Å²) in [6, 6.07) is 5.77. The number of nitrogens with zero attached hydrogens (tertiary/aromatic N) is 2. The molecule has 0 amide bonds. The fourth-order valence-corrected chi connectivity index (χ4v) is 2.83. The lowest BCUT2D eigenvalue weighted by atomic mass is 10.0. The minimum absolute atomic E-state index is 0.190. The molecule has 104 valence electrons. The molecule has 1 aliphatic heterocycles. The Morgan fingerprint density at radius 2 is 2.16 bits per heavy atom. The highest BCUT2D eigenvalue weighted by Crippen LogP contribution is 2.25. The number of hydrogen-bond donors (Lipinski definition) is 1. The number of halogens is 1. The van der Waals surface area contributed by atoms with Crippen LogP contribution in [-0.4, -0.2) is 36.0 Å². The molecule has 5 nitrogen and oxygen atoms in total. The zero-order valence-corrected chi connectivity index (χ0v) is 12.5. The molecule has 2 rings (SSSR count). The van der Waals surface area contributed by atoms with E-state index in [0.29, 0.717) is 12.6 Å². The molecule has 1 heterocycles. The Hall–Kier alpha value is -0.980. The zero-order valence-electron chi connectivity index (χ0n) is 10.9. The highest BCUT2D eigenvalue weighted by Gasteiger charge is 2.21. The number of nitro groups is 1. The normalized spacial score (nSPS) is 16.8. The van der Waals surface area contributed by atoms with E-state index in [2.05, 4.69) is 26.1 Å². The molecular formula is C13H18BrN3O2. The van der Waals surface area contributed by atoms with Gasteiger partial charge in [0, 0.05) is 28.7 Å². The van der Waals surface area contributed by atoms with Gasteiger partial charge in [-0.15, -0.1) is 0 Å². The van der Waals surface area contributed by atoms with Gasteiger partial charge in [0.05, 0.1) is 4.92 Å². The van der Waals surface area contributed by atoms with Gasteiger partial charge in [0.1, 0.15) is 0 Å². The van der Waals surface area contributed by atoms with Gasteiger partial charge in [0.2, 0.25) is 0 Å². The molecule has 0 bridgehead atoms. The van der Waals surface area contributed by atoms with Crippen molar-refractivity contribution in [1.82, 2.24) is 10.2 Å². The molecule has 0 spiro atoms. The van der Waals surface area contributed by atoms with Crippen LogP contribution < -0.4 is 5.32 Å². The first-order chi connectivity index (χ1) is 9.08. The molecule has 6 heteroatoms. The van der Waals surface area contributed by atoms with Crippen molar-refractivity contribution in [3.63, 3.8) is 0 Å². The lowest BCUT2D eigenvalue weighted by Gasteiger charge is -2.31. The van der Waals surface area contributed by atoms with E-state index in [1.54, 1.807) is 6.07 Å². The SMILES string of the molecule is CN(Cc1ccc(Br)cc1[N+](=O)[O-])C1CCNCC1. The smallest absolute Gasteiger partial charge is 0.275 e. The Balaban J connectivity index is 2.11. The molecule has 0 aliphatic carbocycles. The summed E-state index contributed by atoms with van der Waals surface area (Å²) in [7, 11) is 2.04. The third-order valence-corrected chi connectivity index (χ3v) is 4.09. The number of nitrogens with one attached hydrogen (secondary N) is 1. The van der Waals surface area contributed by atoms with Crippen molar-refractivity contribution < 1.29 is 4.92 Å². The van der Waals surface area contributed by atoms with Crippen LogP contribution in [0.4, 0.5) is 5.69 Å². The first-order valence-electron chi connectivity index (χ1n) is 6.41. The molecule has 19 heavy (non-hydrogen) atoms. The molecule has 1 fully saturated rings. The number of hydrogen-bond acceptors (Lipinski definition) is 4. The van der Waals surface area contributed by atoms with Gasteiger partial charge in [-0.25, -0.2) is 0 Å². The van der Waals surface area contributed by atoms with Gasteiger partial charge in [-0.2, -0.15) is 0 Å². The van der Waals surface area contributed by atoms with Crippen LogP contribution in [0.3, 0.4) is 0 Å². The molecule has 0 atom stereocenters. The third kappa shape index (κ3) is 3.75. The van der Waals surface area contributed by atoms with Gasteiger partial charge in [-0.05, 0) is 45.1 Å². The Morgan fingerprint density at radius 3 is 2.79 bits per heavy atom. The second-order valence-corrected chi connectivity index (χ2v) is 5.84. The van der Waals surface area contributed by atoms with Crippen molar-refractivity contribution in [2.75, 3.05) is 20.1 Å². The first kappa shape index (κ1) is 14.4. The van der Waals surface area contributed by atoms with Crippen molar-refractivity contribution in [1.29, 1.82) is 0 Å². The van der Waals surface area contributed by atoms with Crippen LogP contribution in [0.1, 0.15) is 18.4 Å². The van der Waals surface area contributed by atoms with Gasteiger partial charge >= 0.3 is 0 Å². The highest BCUT2D eigenvalue weighted by molar-refractivity contribution is 9.10. The summed E-state index contributed by atoms with van der Waals surface area (Å²) in [5.74, 6) is 0. The topological polar surface area (TPSA) is 58.4 Å². The minimum atomic E-state index is -0.309. The molecular weight excluding hydrogens is 310 g/mol. The minimum Gasteiger partial charge on any atom is -0.317 e. The van der Waals surface area contributed by atoms with Gasteiger partial charge in [-0.3, -0.25) is 15.0 Å². The van der Waals surface area contributed by atoms with Crippen molar-refractivity contribution in [3.8, 4) is 0 Å². The van der Waals surface area contributed by atoms with E-state index < -0.39 is 0 Å². The van der Waals surface area contributed by atoms with Gasteiger partial charge in [-0.1, -0.05) is 15.9 Å². The maximum Gasteiger partial charge on any atom is 0.275 e. The summed E-state index contributed by atoms with van der Waals surface area (Å²) in [5, 5.41) is 14.4. The predicted molar refractivity (Wildman–Crippen MR) is 78.2 cm³/mol. The second-order valence-electron chi connectivity index (χ2n) is 4.93. The standard InChI is InChI=1S/C13H18BrN3O2/c1-16(12-4-6-15-7-5-12)9-10-2-3-11(14)8-13(10)17(18)19/h2-3,8,12,15H,4-7,9H2,1H3. The molecule has 0 saturated carbocycles. The quantitative estimate of drug-likeness (QED) is 0.682. The largest absolute Gasteiger partial charge is 0.317 e. The highest BCUT2D eigenvalue weighted by atomic mass is 79.9. The van der Waals surface area contributed by atoms with E-state index in [1.165, 1.54) is 0 Å². The number of nitro benzene ring substituents is 1. The zero-order chi connectivity index (χ0) is 13.8. The molecule has 1 aliphatic rings. The van der Waals surface area contributed by atoms with E-state index in [1.807, 2.05) is 19.2 Å². The predicted octanol–water partition coefficient (Wildman–Crippen LogP) is 2.54. The summed E-state index contributed by atoms with van der Waals surface area (Å²) in [5.41, 5.74) is 0.962. The second kappa shape index (κ2) is 6.45. The van der Waals surface area contributed by atoms with E-state index in [9.17, 15) is 10.1 Å². The monoisotopic (exact) mass is 327 g/mol. The van der Waals surface area contributed by atoms with Crippen LogP contribution in [0.5, 0.6) is 0 Å². The van der Waals surface area contributed by atoms with E-state index in [4.69, 9.17) is 0 Å². The maximum absolute atomic E-state index is 11.1. The Labute approximate surface area is 121 Å². The first-order valence-corrected chi connectivity index (χ1v) is 7.21. The van der Waals surface area contributed by atoms with Crippen LogP contribution in [0.15, 0.2) is 22.7 Å². The van der Waals surface area contributed by atoms with Gasteiger partial charge < -0.3 is 5.32 Å². The summed E-state index contributed by atoms with van der Waals surface area (Å²) < 4.78 is 0.743. The Kier molecular flexibility index (Phi) is 4.90. The number of piperidine rings is 1. The van der Waals surface area contributed by atoms with Crippen molar-refractivity contribution in [2.24, 2.45) is 0 Å². The summed E-state index contributed by atoms with van der Waals surface area (Å²) in [6.07, 6.45) is 2.20. The van der Waals surface area contributed by atoms with Crippen molar-refractivity contribution in [3.05, 3.63) is 38.3 Å². The third-order valence-electron chi connectivity index (χ3n) is 3.60. The number of benzene rings is 1. The summed E-state index contributed by atoms with van der Waals surface area (Å²) >= 11 is 3.28. The van der Waals surface area contributed by atoms with Crippen LogP contribution in [-0.2, 0) is 6.54 Å². The lowest BCUT2D eigenvalue weighted by molar-refractivity contribution is -0.385. The van der Waals surface area contributed by atoms with Crippen molar-refractivity contribution >= 4 is 21.6 Å². The fraction of sp³-hybridized carbons (Fsp3) is 0.538. The van der Waals surface area contributed by atoms with Crippen LogP contribution in [0.2, 0.25) is 0 Å². The molecule has 1 aromatic rings. The Morgan fingerprint density at radius 1 is 1.47 bits per heavy atom. The summed E-state index contributed by atoms with van der Waals surface area (Å²) in [6.45, 7) is 2.67. The van der Waals surface area contributed by atoms with Crippen LogP contribution >= 0.6 is 15.9 Å². The lowest BCUT2D eigenvalue weighted by Crippen LogP contribution is -2.40. The average molecular weight is 328 g/mol. The number of rotatable bonds is 4. The summed E-state index contributed by atoms with van der Waals surface area (Å²) in [4.78, 5) is 13.0. The van der Waals surface area contributed by atoms with E-state index >= 15 is 0 Å². The van der Waals surface area contributed by atoms with Crippen molar-refractivity contribution in [2.45, 2.75) is 25.4 Å². The molecule has 1 N–H and O–H groups in total. The van der Waals surface area contributed by atoms with E-state index in [0.717, 1.165) is 36.0 Å². The van der Waals surface area contributed by atoms with Gasteiger partial charge in [0.25, 0.3) is 5.69 Å². The van der Waals surface area contributed by atoms with Gasteiger partial charge in [0.15, 0.2) is 0 Å². The molecule has 1 aromatic carbocycles. The molecule has 1 saturated heterocycles. The molecule has 0 aromatic heterocycles. The fourth-order valence-electron chi connectivity index (χ4n) is 2.49.